The molecule has 0 aromatic heterocycles. The highest BCUT2D eigenvalue weighted by atomic mass is 16.6. The number of para-hydroxylation sites is 1. The lowest BCUT2D eigenvalue weighted by Gasteiger charge is -2.18. The Kier molecular flexibility index (Phi) is 4.39. The van der Waals surface area contributed by atoms with Gasteiger partial charge in [0.25, 0.3) is 5.69 Å². The molecule has 1 aromatic rings. The van der Waals surface area contributed by atoms with E-state index in [-0.39, 0.29) is 24.4 Å². The van der Waals surface area contributed by atoms with Crippen molar-refractivity contribution in [3.8, 4) is 0 Å². The Labute approximate surface area is 94.3 Å². The minimum absolute atomic E-state index is 0.00493. The van der Waals surface area contributed by atoms with E-state index in [1.807, 2.05) is 13.8 Å². The minimum Gasteiger partial charge on any atom is -0.395 e. The van der Waals surface area contributed by atoms with Crippen molar-refractivity contribution in [2.24, 2.45) is 0 Å². The standard InChI is InChI=1S/C11H16N2O3/c1-8(7-14)12-9(2)10-5-3-4-6-11(10)13(15)16/h3-6,8-9,12,14H,7H2,1-2H3/t8-,9?/m1/s1. The van der Waals surface area contributed by atoms with Crippen LogP contribution in [0.4, 0.5) is 5.69 Å². The third-order valence-electron chi connectivity index (χ3n) is 2.41. The molecular formula is C11H16N2O3. The monoisotopic (exact) mass is 224 g/mol. The Balaban J connectivity index is 2.90. The summed E-state index contributed by atoms with van der Waals surface area (Å²) >= 11 is 0. The average Bonchev–Trinajstić information content (AvgIpc) is 2.28. The van der Waals surface area contributed by atoms with Crippen LogP contribution in [-0.4, -0.2) is 22.7 Å². The van der Waals surface area contributed by atoms with Crippen LogP contribution in [-0.2, 0) is 0 Å². The third kappa shape index (κ3) is 3.01. The second kappa shape index (κ2) is 5.58. The van der Waals surface area contributed by atoms with Gasteiger partial charge in [-0.1, -0.05) is 18.2 Å². The predicted octanol–water partition coefficient (Wildman–Crippen LogP) is 1.63. The van der Waals surface area contributed by atoms with Gasteiger partial charge in [-0.25, -0.2) is 0 Å². The van der Waals surface area contributed by atoms with Crippen LogP contribution in [0.3, 0.4) is 0 Å². The molecule has 0 heterocycles. The maximum atomic E-state index is 10.8. The lowest BCUT2D eigenvalue weighted by molar-refractivity contribution is -0.385. The van der Waals surface area contributed by atoms with Crippen LogP contribution in [0.1, 0.15) is 25.5 Å². The fourth-order valence-corrected chi connectivity index (χ4v) is 1.59. The van der Waals surface area contributed by atoms with E-state index in [2.05, 4.69) is 5.32 Å². The number of benzene rings is 1. The first-order valence-corrected chi connectivity index (χ1v) is 5.16. The van der Waals surface area contributed by atoms with E-state index in [1.54, 1.807) is 18.2 Å². The molecule has 88 valence electrons. The summed E-state index contributed by atoms with van der Waals surface area (Å²) in [7, 11) is 0. The van der Waals surface area contributed by atoms with Crippen LogP contribution in [0.2, 0.25) is 0 Å². The summed E-state index contributed by atoms with van der Waals surface area (Å²) in [6.45, 7) is 3.67. The number of rotatable bonds is 5. The van der Waals surface area contributed by atoms with E-state index >= 15 is 0 Å². The van der Waals surface area contributed by atoms with E-state index in [4.69, 9.17) is 5.11 Å². The number of hydrogen-bond acceptors (Lipinski definition) is 4. The fourth-order valence-electron chi connectivity index (χ4n) is 1.59. The van der Waals surface area contributed by atoms with Crippen molar-refractivity contribution in [3.63, 3.8) is 0 Å². The van der Waals surface area contributed by atoms with E-state index in [0.717, 1.165) is 0 Å². The Hall–Kier alpha value is -1.46. The van der Waals surface area contributed by atoms with Crippen molar-refractivity contribution in [3.05, 3.63) is 39.9 Å². The summed E-state index contributed by atoms with van der Waals surface area (Å²) in [5.74, 6) is 0. The van der Waals surface area contributed by atoms with Gasteiger partial charge in [0, 0.05) is 23.7 Å². The van der Waals surface area contributed by atoms with E-state index in [0.29, 0.717) is 5.56 Å². The average molecular weight is 224 g/mol. The van der Waals surface area contributed by atoms with Crippen molar-refractivity contribution in [2.75, 3.05) is 6.61 Å². The number of nitrogens with one attached hydrogen (secondary N) is 1. The molecule has 0 saturated heterocycles. The van der Waals surface area contributed by atoms with E-state index in [1.165, 1.54) is 6.07 Å². The zero-order valence-corrected chi connectivity index (χ0v) is 9.38. The highest BCUT2D eigenvalue weighted by molar-refractivity contribution is 5.41. The first kappa shape index (κ1) is 12.6. The summed E-state index contributed by atoms with van der Waals surface area (Å²) in [4.78, 5) is 10.4. The molecular weight excluding hydrogens is 208 g/mol. The zero-order chi connectivity index (χ0) is 12.1. The normalized spacial score (nSPS) is 14.4. The molecule has 0 aliphatic heterocycles. The predicted molar refractivity (Wildman–Crippen MR) is 61.2 cm³/mol. The van der Waals surface area contributed by atoms with E-state index < -0.39 is 4.92 Å². The number of hydrogen-bond donors (Lipinski definition) is 2. The first-order valence-electron chi connectivity index (χ1n) is 5.16. The largest absolute Gasteiger partial charge is 0.395 e. The Morgan fingerprint density at radius 3 is 2.62 bits per heavy atom. The number of nitrogens with zero attached hydrogens (tertiary/aromatic N) is 1. The summed E-state index contributed by atoms with van der Waals surface area (Å²) in [6.07, 6.45) is 0. The zero-order valence-electron chi connectivity index (χ0n) is 9.38. The Morgan fingerprint density at radius 1 is 1.44 bits per heavy atom. The molecule has 0 amide bonds. The highest BCUT2D eigenvalue weighted by Gasteiger charge is 2.18. The van der Waals surface area contributed by atoms with Gasteiger partial charge in [-0.05, 0) is 13.8 Å². The first-order chi connectivity index (χ1) is 7.56. The lowest BCUT2D eigenvalue weighted by Crippen LogP contribution is -2.32. The van der Waals surface area contributed by atoms with Gasteiger partial charge in [-0.2, -0.15) is 0 Å². The fraction of sp³-hybridized carbons (Fsp3) is 0.455. The Morgan fingerprint density at radius 2 is 2.06 bits per heavy atom. The molecule has 0 fully saturated rings. The van der Waals surface area contributed by atoms with Gasteiger partial charge in [-0.3, -0.25) is 10.1 Å². The Bertz CT molecular complexity index is 368. The van der Waals surface area contributed by atoms with E-state index in [9.17, 15) is 10.1 Å². The van der Waals surface area contributed by atoms with Crippen molar-refractivity contribution < 1.29 is 10.0 Å². The van der Waals surface area contributed by atoms with Crippen LogP contribution in [0.25, 0.3) is 0 Å². The SMILES string of the molecule is CC(N[C@H](C)CO)c1ccccc1[N+](=O)[O-]. The summed E-state index contributed by atoms with van der Waals surface area (Å²) in [5, 5.41) is 22.8. The molecule has 0 spiro atoms. The molecule has 0 aliphatic carbocycles. The quantitative estimate of drug-likeness (QED) is 0.588. The maximum Gasteiger partial charge on any atom is 0.274 e. The molecule has 0 aliphatic rings. The lowest BCUT2D eigenvalue weighted by atomic mass is 10.1. The van der Waals surface area contributed by atoms with Crippen LogP contribution in [0, 0.1) is 10.1 Å². The molecule has 0 radical (unpaired) electrons. The van der Waals surface area contributed by atoms with Crippen LogP contribution >= 0.6 is 0 Å². The van der Waals surface area contributed by atoms with Gasteiger partial charge in [0.2, 0.25) is 0 Å². The highest BCUT2D eigenvalue weighted by Crippen LogP contribution is 2.24. The van der Waals surface area contributed by atoms with Crippen LogP contribution in [0.5, 0.6) is 0 Å². The van der Waals surface area contributed by atoms with Crippen molar-refractivity contribution in [1.82, 2.24) is 5.32 Å². The molecule has 1 unspecified atom stereocenters. The summed E-state index contributed by atoms with van der Waals surface area (Å²) < 4.78 is 0. The third-order valence-corrected chi connectivity index (χ3v) is 2.41. The van der Waals surface area contributed by atoms with Gasteiger partial charge in [0.05, 0.1) is 11.5 Å². The van der Waals surface area contributed by atoms with Gasteiger partial charge in [-0.15, -0.1) is 0 Å². The molecule has 1 aromatic carbocycles. The molecule has 2 atom stereocenters. The van der Waals surface area contributed by atoms with Crippen molar-refractivity contribution >= 4 is 5.69 Å². The minimum atomic E-state index is -0.392. The molecule has 0 bridgehead atoms. The molecule has 5 heteroatoms. The topological polar surface area (TPSA) is 75.4 Å². The van der Waals surface area contributed by atoms with Crippen molar-refractivity contribution in [2.45, 2.75) is 25.9 Å². The van der Waals surface area contributed by atoms with Crippen molar-refractivity contribution in [1.29, 1.82) is 0 Å². The van der Waals surface area contributed by atoms with Gasteiger partial charge < -0.3 is 10.4 Å². The smallest absolute Gasteiger partial charge is 0.274 e. The second-order valence-electron chi connectivity index (χ2n) is 3.79. The van der Waals surface area contributed by atoms with Crippen LogP contribution in [0.15, 0.2) is 24.3 Å². The van der Waals surface area contributed by atoms with Gasteiger partial charge in [0.15, 0.2) is 0 Å². The van der Waals surface area contributed by atoms with Gasteiger partial charge >= 0.3 is 0 Å². The molecule has 0 saturated carbocycles. The molecule has 16 heavy (non-hydrogen) atoms. The second-order valence-corrected chi connectivity index (χ2v) is 3.79. The summed E-state index contributed by atoms with van der Waals surface area (Å²) in [5.41, 5.74) is 0.737. The maximum absolute atomic E-state index is 10.8. The summed E-state index contributed by atoms with van der Waals surface area (Å²) in [6, 6.07) is 6.36. The number of aliphatic hydroxyl groups excluding tert-OH is 1. The number of aliphatic hydroxyl groups is 1. The van der Waals surface area contributed by atoms with Crippen LogP contribution < -0.4 is 5.32 Å². The molecule has 2 N–H and O–H groups in total. The van der Waals surface area contributed by atoms with Gasteiger partial charge in [0.1, 0.15) is 0 Å². The number of nitro groups is 1. The number of nitro benzene ring substituents is 1. The molecule has 5 nitrogen and oxygen atoms in total. The molecule has 1 rings (SSSR count).